The Balaban J connectivity index is 1.83. The third-order valence-electron chi connectivity index (χ3n) is 2.58. The first kappa shape index (κ1) is 13.4. The molecule has 2 aromatic rings. The molecule has 2 N–H and O–H groups in total. The second kappa shape index (κ2) is 5.30. The van der Waals surface area contributed by atoms with Crippen LogP contribution in [0.5, 0.6) is 0 Å². The summed E-state index contributed by atoms with van der Waals surface area (Å²) >= 11 is 0. The maximum absolute atomic E-state index is 11.6. The van der Waals surface area contributed by atoms with Gasteiger partial charge in [-0.3, -0.25) is 0 Å². The molecule has 0 radical (unpaired) electrons. The van der Waals surface area contributed by atoms with E-state index in [2.05, 4.69) is 15.6 Å². The molecule has 0 atom stereocenters. The topological polar surface area (TPSA) is 67.2 Å². The number of fused-ring (bicyclic) bond motifs is 1. The molecule has 0 aliphatic rings. The van der Waals surface area contributed by atoms with Crippen molar-refractivity contribution in [3.63, 3.8) is 0 Å². The van der Waals surface area contributed by atoms with Crippen molar-refractivity contribution < 1.29 is 9.21 Å². The number of rotatable bonds is 3. The van der Waals surface area contributed by atoms with Crippen molar-refractivity contribution in [2.75, 3.05) is 6.54 Å². The summed E-state index contributed by atoms with van der Waals surface area (Å²) in [7, 11) is 0. The summed E-state index contributed by atoms with van der Waals surface area (Å²) in [6.07, 6.45) is 2.19. The molecule has 2 amide bonds. The molecule has 0 unspecified atom stereocenters. The van der Waals surface area contributed by atoms with E-state index in [9.17, 15) is 4.79 Å². The quantitative estimate of drug-likeness (QED) is 0.892. The zero-order chi connectivity index (χ0) is 13.9. The number of nitrogens with one attached hydrogen (secondary N) is 2. The van der Waals surface area contributed by atoms with Crippen LogP contribution in [0.4, 0.5) is 4.79 Å². The van der Waals surface area contributed by atoms with Crippen molar-refractivity contribution in [1.82, 2.24) is 15.6 Å². The number of oxazole rings is 1. The number of carbonyl (C=O) groups excluding carboxylic acids is 1. The minimum Gasteiger partial charge on any atom is -0.443 e. The molecule has 1 aromatic heterocycles. The van der Waals surface area contributed by atoms with Crippen LogP contribution in [0, 0.1) is 0 Å². The Hall–Kier alpha value is -2.04. The third kappa shape index (κ3) is 3.98. The predicted molar refractivity (Wildman–Crippen MR) is 74.0 cm³/mol. The molecular formula is C14H19N3O2. The van der Waals surface area contributed by atoms with Gasteiger partial charge in [0.15, 0.2) is 12.0 Å². The van der Waals surface area contributed by atoms with Gasteiger partial charge in [-0.15, -0.1) is 0 Å². The molecule has 0 saturated carbocycles. The van der Waals surface area contributed by atoms with E-state index in [0.29, 0.717) is 6.54 Å². The average molecular weight is 261 g/mol. The molecule has 2 rings (SSSR count). The van der Waals surface area contributed by atoms with Crippen LogP contribution in [0.3, 0.4) is 0 Å². The molecular weight excluding hydrogens is 242 g/mol. The molecule has 0 aliphatic carbocycles. The molecule has 1 heterocycles. The van der Waals surface area contributed by atoms with E-state index in [4.69, 9.17) is 4.42 Å². The van der Waals surface area contributed by atoms with E-state index in [1.807, 2.05) is 39.0 Å². The highest BCUT2D eigenvalue weighted by Crippen LogP contribution is 2.14. The molecule has 0 spiro atoms. The van der Waals surface area contributed by atoms with E-state index in [1.165, 1.54) is 6.39 Å². The Morgan fingerprint density at radius 1 is 1.37 bits per heavy atom. The maximum atomic E-state index is 11.6. The number of carbonyl (C=O) groups is 1. The second-order valence-electron chi connectivity index (χ2n) is 5.54. The van der Waals surface area contributed by atoms with E-state index in [1.54, 1.807) is 0 Å². The number of urea groups is 1. The van der Waals surface area contributed by atoms with Gasteiger partial charge in [0.25, 0.3) is 0 Å². The lowest BCUT2D eigenvalue weighted by Crippen LogP contribution is -2.46. The van der Waals surface area contributed by atoms with Crippen LogP contribution in [0.2, 0.25) is 0 Å². The van der Waals surface area contributed by atoms with E-state index >= 15 is 0 Å². The molecule has 0 saturated heterocycles. The minimum absolute atomic E-state index is 0.145. The van der Waals surface area contributed by atoms with Gasteiger partial charge < -0.3 is 15.1 Å². The summed E-state index contributed by atoms with van der Waals surface area (Å²) in [5.74, 6) is 0. The summed E-state index contributed by atoms with van der Waals surface area (Å²) in [4.78, 5) is 15.6. The normalized spacial score (nSPS) is 11.5. The summed E-state index contributed by atoms with van der Waals surface area (Å²) in [5.41, 5.74) is 2.52. The lowest BCUT2D eigenvalue weighted by molar-refractivity contribution is 0.232. The standard InChI is InChI=1S/C14H19N3O2/c1-14(2,3)17-13(18)15-7-6-10-4-5-11-12(8-10)19-9-16-11/h4-5,8-9H,6-7H2,1-3H3,(H2,15,17,18). The minimum atomic E-state index is -0.219. The van der Waals surface area contributed by atoms with Gasteiger partial charge in [0.05, 0.1) is 0 Å². The molecule has 0 aliphatic heterocycles. The van der Waals surface area contributed by atoms with Gasteiger partial charge in [-0.2, -0.15) is 0 Å². The van der Waals surface area contributed by atoms with Crippen molar-refractivity contribution in [2.45, 2.75) is 32.7 Å². The van der Waals surface area contributed by atoms with Gasteiger partial charge >= 0.3 is 6.03 Å². The van der Waals surface area contributed by atoms with Crippen LogP contribution in [-0.2, 0) is 6.42 Å². The van der Waals surface area contributed by atoms with Gasteiger partial charge in [0.1, 0.15) is 5.52 Å². The van der Waals surface area contributed by atoms with Crippen LogP contribution in [0.15, 0.2) is 29.0 Å². The van der Waals surface area contributed by atoms with Crippen LogP contribution < -0.4 is 10.6 Å². The largest absolute Gasteiger partial charge is 0.443 e. The van der Waals surface area contributed by atoms with Gasteiger partial charge in [0.2, 0.25) is 0 Å². The van der Waals surface area contributed by atoms with Crippen molar-refractivity contribution in [3.8, 4) is 0 Å². The first-order valence-electron chi connectivity index (χ1n) is 6.32. The highest BCUT2D eigenvalue weighted by atomic mass is 16.3. The smallest absolute Gasteiger partial charge is 0.315 e. The van der Waals surface area contributed by atoms with Crippen molar-refractivity contribution in [2.24, 2.45) is 0 Å². The van der Waals surface area contributed by atoms with Crippen LogP contribution in [0.1, 0.15) is 26.3 Å². The molecule has 5 heteroatoms. The fourth-order valence-electron chi connectivity index (χ4n) is 1.76. The number of nitrogens with zero attached hydrogens (tertiary/aromatic N) is 1. The number of aromatic nitrogens is 1. The van der Waals surface area contributed by atoms with Gasteiger partial charge in [-0.1, -0.05) is 6.07 Å². The van der Waals surface area contributed by atoms with E-state index in [-0.39, 0.29) is 11.6 Å². The summed E-state index contributed by atoms with van der Waals surface area (Å²) in [6, 6.07) is 5.72. The summed E-state index contributed by atoms with van der Waals surface area (Å²) < 4.78 is 5.24. The first-order valence-corrected chi connectivity index (χ1v) is 6.32. The fourth-order valence-corrected chi connectivity index (χ4v) is 1.76. The SMILES string of the molecule is CC(C)(C)NC(=O)NCCc1ccc2ncoc2c1. The molecule has 1 aromatic carbocycles. The van der Waals surface area contributed by atoms with Gasteiger partial charge in [-0.25, -0.2) is 9.78 Å². The molecule has 5 nitrogen and oxygen atoms in total. The number of benzene rings is 1. The Kier molecular flexibility index (Phi) is 3.74. The molecule has 0 fully saturated rings. The lowest BCUT2D eigenvalue weighted by atomic mass is 10.1. The zero-order valence-electron chi connectivity index (χ0n) is 11.5. The number of amides is 2. The Bertz CT molecular complexity index is 569. The number of hydrogen-bond acceptors (Lipinski definition) is 3. The first-order chi connectivity index (χ1) is 8.94. The van der Waals surface area contributed by atoms with Gasteiger partial charge in [0, 0.05) is 12.1 Å². The molecule has 19 heavy (non-hydrogen) atoms. The zero-order valence-corrected chi connectivity index (χ0v) is 11.5. The highest BCUT2D eigenvalue weighted by molar-refractivity contribution is 5.75. The van der Waals surface area contributed by atoms with Crippen molar-refractivity contribution >= 4 is 17.1 Å². The van der Waals surface area contributed by atoms with E-state index < -0.39 is 0 Å². The Morgan fingerprint density at radius 3 is 2.89 bits per heavy atom. The summed E-state index contributed by atoms with van der Waals surface area (Å²) in [6.45, 7) is 6.43. The third-order valence-corrected chi connectivity index (χ3v) is 2.58. The monoisotopic (exact) mass is 261 g/mol. The fraction of sp³-hybridized carbons (Fsp3) is 0.429. The Labute approximate surface area is 112 Å². The Morgan fingerprint density at radius 2 is 2.16 bits per heavy atom. The predicted octanol–water partition coefficient (Wildman–Crippen LogP) is 2.47. The maximum Gasteiger partial charge on any atom is 0.315 e. The van der Waals surface area contributed by atoms with Crippen molar-refractivity contribution in [3.05, 3.63) is 30.2 Å². The van der Waals surface area contributed by atoms with E-state index in [0.717, 1.165) is 23.1 Å². The highest BCUT2D eigenvalue weighted by Gasteiger charge is 2.12. The molecule has 102 valence electrons. The van der Waals surface area contributed by atoms with Crippen LogP contribution in [0.25, 0.3) is 11.1 Å². The van der Waals surface area contributed by atoms with Crippen LogP contribution in [-0.4, -0.2) is 23.1 Å². The van der Waals surface area contributed by atoms with Crippen molar-refractivity contribution in [1.29, 1.82) is 0 Å². The average Bonchev–Trinajstić information content (AvgIpc) is 2.73. The molecule has 0 bridgehead atoms. The van der Waals surface area contributed by atoms with Gasteiger partial charge in [-0.05, 0) is 44.9 Å². The van der Waals surface area contributed by atoms with Crippen LogP contribution >= 0.6 is 0 Å². The second-order valence-corrected chi connectivity index (χ2v) is 5.54. The number of hydrogen-bond donors (Lipinski definition) is 2. The lowest BCUT2D eigenvalue weighted by Gasteiger charge is -2.20. The summed E-state index contributed by atoms with van der Waals surface area (Å²) in [5, 5.41) is 5.69.